The molecule has 96 valence electrons. The van der Waals surface area contributed by atoms with Gasteiger partial charge >= 0.3 is 0 Å². The van der Waals surface area contributed by atoms with Gasteiger partial charge in [0.15, 0.2) is 0 Å². The first kappa shape index (κ1) is 12.2. The van der Waals surface area contributed by atoms with E-state index in [4.69, 9.17) is 0 Å². The first-order valence-electron chi connectivity index (χ1n) is 5.64. The van der Waals surface area contributed by atoms with Crippen molar-refractivity contribution >= 4 is 11.8 Å². The maximum Gasteiger partial charge on any atom is 0.262 e. The Morgan fingerprint density at radius 2 is 2.06 bits per heavy atom. The molecule has 5 nitrogen and oxygen atoms in total. The van der Waals surface area contributed by atoms with Crippen LogP contribution in [0.2, 0.25) is 0 Å². The zero-order valence-electron chi connectivity index (χ0n) is 9.26. The van der Waals surface area contributed by atoms with Gasteiger partial charge in [0.25, 0.3) is 5.92 Å². The lowest BCUT2D eigenvalue weighted by Crippen LogP contribution is -2.45. The number of carbonyl (C=O) groups is 2. The summed E-state index contributed by atoms with van der Waals surface area (Å²) < 4.78 is 25.6. The highest BCUT2D eigenvalue weighted by Crippen LogP contribution is 2.24. The maximum atomic E-state index is 12.8. The Bertz CT molecular complexity index is 332. The number of rotatable bonds is 4. The molecule has 7 heteroatoms. The summed E-state index contributed by atoms with van der Waals surface area (Å²) >= 11 is 0. The molecule has 0 radical (unpaired) electrons. The smallest absolute Gasteiger partial charge is 0.262 e. The minimum atomic E-state index is -2.84. The summed E-state index contributed by atoms with van der Waals surface area (Å²) in [6, 6.07) is -0.674. The molecule has 0 spiro atoms. The van der Waals surface area contributed by atoms with Crippen LogP contribution in [0.5, 0.6) is 0 Å². The molecule has 2 rings (SSSR count). The van der Waals surface area contributed by atoms with Crippen molar-refractivity contribution in [1.29, 1.82) is 0 Å². The Morgan fingerprint density at radius 1 is 1.35 bits per heavy atom. The van der Waals surface area contributed by atoms with E-state index in [1.54, 1.807) is 0 Å². The Labute approximate surface area is 97.3 Å². The zero-order chi connectivity index (χ0) is 12.5. The molecule has 0 bridgehead atoms. The van der Waals surface area contributed by atoms with E-state index in [9.17, 15) is 18.4 Å². The third kappa shape index (κ3) is 3.62. The molecule has 2 aliphatic rings. The van der Waals surface area contributed by atoms with E-state index in [1.807, 2.05) is 0 Å². The normalized spacial score (nSPS) is 26.6. The van der Waals surface area contributed by atoms with Crippen molar-refractivity contribution < 1.29 is 18.4 Å². The van der Waals surface area contributed by atoms with Crippen LogP contribution in [-0.4, -0.2) is 42.9 Å². The van der Waals surface area contributed by atoms with Crippen LogP contribution in [-0.2, 0) is 9.59 Å². The quantitative estimate of drug-likeness (QED) is 0.620. The van der Waals surface area contributed by atoms with Crippen molar-refractivity contribution in [2.24, 2.45) is 0 Å². The highest BCUT2D eigenvalue weighted by Gasteiger charge is 2.42. The molecule has 1 saturated carbocycles. The molecular formula is C10H15F2N3O2. The van der Waals surface area contributed by atoms with Crippen molar-refractivity contribution in [2.75, 3.05) is 13.1 Å². The standard InChI is InChI=1S/C10H15F2N3O2/c11-10(12)3-7(14-5-10)9(17)13-4-8(16)15-6-1-2-6/h6-7,14H,1-5H2,(H,13,17)(H,15,16). The number of halogens is 2. The van der Waals surface area contributed by atoms with Crippen LogP contribution in [0.4, 0.5) is 8.78 Å². The molecule has 0 aromatic carbocycles. The summed E-state index contributed by atoms with van der Waals surface area (Å²) in [4.78, 5) is 22.7. The fourth-order valence-electron chi connectivity index (χ4n) is 1.70. The number of hydrogen-bond acceptors (Lipinski definition) is 3. The van der Waals surface area contributed by atoms with Gasteiger partial charge in [0.05, 0.1) is 19.1 Å². The van der Waals surface area contributed by atoms with E-state index in [2.05, 4.69) is 16.0 Å². The second kappa shape index (κ2) is 4.56. The summed E-state index contributed by atoms with van der Waals surface area (Å²) in [6.07, 6.45) is 1.43. The molecule has 1 saturated heterocycles. The second-order valence-electron chi connectivity index (χ2n) is 4.55. The summed E-state index contributed by atoms with van der Waals surface area (Å²) in [5.41, 5.74) is 0. The molecule has 1 aliphatic heterocycles. The van der Waals surface area contributed by atoms with Crippen LogP contribution in [0.1, 0.15) is 19.3 Å². The number of hydrogen-bond donors (Lipinski definition) is 3. The van der Waals surface area contributed by atoms with E-state index >= 15 is 0 Å². The third-order valence-corrected chi connectivity index (χ3v) is 2.79. The predicted octanol–water partition coefficient (Wildman–Crippen LogP) is -0.622. The van der Waals surface area contributed by atoms with Crippen LogP contribution >= 0.6 is 0 Å². The zero-order valence-corrected chi connectivity index (χ0v) is 9.26. The fraction of sp³-hybridized carbons (Fsp3) is 0.800. The van der Waals surface area contributed by atoms with Crippen LogP contribution < -0.4 is 16.0 Å². The maximum absolute atomic E-state index is 12.8. The molecule has 2 fully saturated rings. The number of carbonyl (C=O) groups excluding carboxylic acids is 2. The molecule has 1 unspecified atom stereocenters. The molecule has 0 aromatic heterocycles. The molecule has 0 aromatic rings. The average Bonchev–Trinajstić information content (AvgIpc) is 2.97. The molecule has 3 N–H and O–H groups in total. The second-order valence-corrected chi connectivity index (χ2v) is 4.55. The Morgan fingerprint density at radius 3 is 2.59 bits per heavy atom. The Hall–Kier alpha value is -1.24. The van der Waals surface area contributed by atoms with Gasteiger partial charge in [-0.2, -0.15) is 0 Å². The van der Waals surface area contributed by atoms with Crippen molar-refractivity contribution in [1.82, 2.24) is 16.0 Å². The molecule has 1 atom stereocenters. The largest absolute Gasteiger partial charge is 0.352 e. The van der Waals surface area contributed by atoms with Crippen LogP contribution in [0, 0.1) is 0 Å². The summed E-state index contributed by atoms with van der Waals surface area (Å²) in [5.74, 6) is -3.66. The fourth-order valence-corrected chi connectivity index (χ4v) is 1.70. The average molecular weight is 247 g/mol. The van der Waals surface area contributed by atoms with E-state index in [-0.39, 0.29) is 18.5 Å². The monoisotopic (exact) mass is 247 g/mol. The minimum Gasteiger partial charge on any atom is -0.352 e. The first-order valence-corrected chi connectivity index (χ1v) is 5.64. The highest BCUT2D eigenvalue weighted by atomic mass is 19.3. The summed E-state index contributed by atoms with van der Waals surface area (Å²) in [5, 5.41) is 7.47. The van der Waals surface area contributed by atoms with Gasteiger partial charge in [-0.25, -0.2) is 8.78 Å². The molecule has 1 aliphatic carbocycles. The molecule has 2 amide bonds. The van der Waals surface area contributed by atoms with Crippen molar-refractivity contribution in [2.45, 2.75) is 37.3 Å². The minimum absolute atomic E-state index is 0.154. The lowest BCUT2D eigenvalue weighted by atomic mass is 10.2. The van der Waals surface area contributed by atoms with Crippen molar-refractivity contribution in [3.8, 4) is 0 Å². The number of amides is 2. The third-order valence-electron chi connectivity index (χ3n) is 2.79. The van der Waals surface area contributed by atoms with E-state index in [0.717, 1.165) is 12.8 Å². The van der Waals surface area contributed by atoms with E-state index in [0.29, 0.717) is 0 Å². The van der Waals surface area contributed by atoms with Gasteiger partial charge in [0.1, 0.15) is 0 Å². The summed E-state index contributed by atoms with van der Waals surface area (Å²) in [7, 11) is 0. The van der Waals surface area contributed by atoms with E-state index in [1.165, 1.54) is 0 Å². The van der Waals surface area contributed by atoms with Gasteiger partial charge in [-0.05, 0) is 12.8 Å². The lowest BCUT2D eigenvalue weighted by Gasteiger charge is -2.11. The van der Waals surface area contributed by atoms with Crippen LogP contribution in [0.3, 0.4) is 0 Å². The molecule has 17 heavy (non-hydrogen) atoms. The topological polar surface area (TPSA) is 70.2 Å². The number of nitrogens with one attached hydrogen (secondary N) is 3. The van der Waals surface area contributed by atoms with Gasteiger partial charge in [-0.3, -0.25) is 14.9 Å². The summed E-state index contributed by atoms with van der Waals surface area (Å²) in [6.45, 7) is -0.640. The van der Waals surface area contributed by atoms with Gasteiger partial charge < -0.3 is 10.6 Å². The van der Waals surface area contributed by atoms with Gasteiger partial charge in [-0.1, -0.05) is 0 Å². The highest BCUT2D eigenvalue weighted by molar-refractivity contribution is 5.87. The van der Waals surface area contributed by atoms with Crippen LogP contribution in [0.15, 0.2) is 0 Å². The van der Waals surface area contributed by atoms with Crippen molar-refractivity contribution in [3.63, 3.8) is 0 Å². The van der Waals surface area contributed by atoms with Crippen molar-refractivity contribution in [3.05, 3.63) is 0 Å². The van der Waals surface area contributed by atoms with E-state index < -0.39 is 30.8 Å². The lowest BCUT2D eigenvalue weighted by molar-refractivity contribution is -0.127. The predicted molar refractivity (Wildman–Crippen MR) is 55.5 cm³/mol. The molecule has 1 heterocycles. The first-order chi connectivity index (χ1) is 7.96. The SMILES string of the molecule is O=C(CNC(=O)C1CC(F)(F)CN1)NC1CC1. The van der Waals surface area contributed by atoms with Gasteiger partial charge in [0.2, 0.25) is 11.8 Å². The number of alkyl halides is 2. The van der Waals surface area contributed by atoms with Gasteiger partial charge in [-0.15, -0.1) is 0 Å². The van der Waals surface area contributed by atoms with Gasteiger partial charge in [0, 0.05) is 12.5 Å². The van der Waals surface area contributed by atoms with Crippen LogP contribution in [0.25, 0.3) is 0 Å². The molecular weight excluding hydrogens is 232 g/mol. The Balaban J connectivity index is 1.68. The Kier molecular flexibility index (Phi) is 3.28.